The number of anilines is 1. The molecule has 0 saturated heterocycles. The lowest BCUT2D eigenvalue weighted by atomic mass is 10.2. The molecule has 0 aliphatic heterocycles. The molecule has 19 heavy (non-hydrogen) atoms. The SMILES string of the molecule is CC(C)N(CCCO)C(=O)c1n[nH]c(C2CC2)c1N. The summed E-state index contributed by atoms with van der Waals surface area (Å²) in [7, 11) is 0. The number of aliphatic hydroxyl groups excluding tert-OH is 1. The monoisotopic (exact) mass is 266 g/mol. The van der Waals surface area contributed by atoms with Gasteiger partial charge in [0.1, 0.15) is 0 Å². The van der Waals surface area contributed by atoms with Gasteiger partial charge in [0.05, 0.1) is 11.4 Å². The average Bonchev–Trinajstić information content (AvgIpc) is 3.13. The molecule has 1 heterocycles. The maximum Gasteiger partial charge on any atom is 0.276 e. The molecule has 1 aromatic rings. The Hall–Kier alpha value is -1.56. The first kappa shape index (κ1) is 13.9. The van der Waals surface area contributed by atoms with Crippen molar-refractivity contribution in [3.63, 3.8) is 0 Å². The van der Waals surface area contributed by atoms with Gasteiger partial charge in [-0.3, -0.25) is 9.89 Å². The number of amides is 1. The highest BCUT2D eigenvalue weighted by Gasteiger charge is 2.31. The number of carbonyl (C=O) groups excluding carboxylic acids is 1. The summed E-state index contributed by atoms with van der Waals surface area (Å²) in [6.07, 6.45) is 2.78. The van der Waals surface area contributed by atoms with Crippen LogP contribution in [0.3, 0.4) is 0 Å². The highest BCUT2D eigenvalue weighted by Crippen LogP contribution is 2.42. The van der Waals surface area contributed by atoms with Crippen LogP contribution in [-0.4, -0.2) is 45.3 Å². The molecular formula is C13H22N4O2. The number of carbonyl (C=O) groups is 1. The lowest BCUT2D eigenvalue weighted by molar-refractivity contribution is 0.0688. The number of aromatic amines is 1. The summed E-state index contributed by atoms with van der Waals surface area (Å²) in [6, 6.07) is 0.0551. The first-order valence-corrected chi connectivity index (χ1v) is 6.81. The van der Waals surface area contributed by atoms with E-state index in [0.29, 0.717) is 30.3 Å². The molecule has 6 nitrogen and oxygen atoms in total. The fourth-order valence-corrected chi connectivity index (χ4v) is 2.18. The number of hydrogen-bond acceptors (Lipinski definition) is 4. The molecular weight excluding hydrogens is 244 g/mol. The maximum atomic E-state index is 12.5. The molecule has 1 aliphatic carbocycles. The van der Waals surface area contributed by atoms with Gasteiger partial charge in [0.25, 0.3) is 5.91 Å². The van der Waals surface area contributed by atoms with Gasteiger partial charge in [-0.1, -0.05) is 0 Å². The lowest BCUT2D eigenvalue weighted by Crippen LogP contribution is -2.38. The normalized spacial score (nSPS) is 14.9. The third-order valence-electron chi connectivity index (χ3n) is 3.46. The van der Waals surface area contributed by atoms with Crippen LogP contribution in [0.2, 0.25) is 0 Å². The van der Waals surface area contributed by atoms with Gasteiger partial charge in [-0.25, -0.2) is 0 Å². The average molecular weight is 266 g/mol. The minimum atomic E-state index is -0.163. The number of nitrogens with one attached hydrogen (secondary N) is 1. The van der Waals surface area contributed by atoms with Gasteiger partial charge in [-0.05, 0) is 33.1 Å². The highest BCUT2D eigenvalue weighted by atomic mass is 16.3. The van der Waals surface area contributed by atoms with Crippen LogP contribution in [-0.2, 0) is 0 Å². The molecule has 1 fully saturated rings. The van der Waals surface area contributed by atoms with E-state index in [-0.39, 0.29) is 18.6 Å². The van der Waals surface area contributed by atoms with Crippen molar-refractivity contribution in [2.24, 2.45) is 0 Å². The van der Waals surface area contributed by atoms with Crippen LogP contribution < -0.4 is 5.73 Å². The molecule has 0 atom stereocenters. The number of aromatic nitrogens is 2. The van der Waals surface area contributed by atoms with Crippen LogP contribution in [0.5, 0.6) is 0 Å². The summed E-state index contributed by atoms with van der Waals surface area (Å²) in [6.45, 7) is 4.47. The number of nitrogen functional groups attached to an aromatic ring is 1. The molecule has 1 amide bonds. The fraction of sp³-hybridized carbons (Fsp3) is 0.692. The standard InChI is InChI=1S/C13H22N4O2/c1-8(2)17(6-3-7-18)13(19)12-10(14)11(15-16-12)9-4-5-9/h8-9,18H,3-7,14H2,1-2H3,(H,15,16). The topological polar surface area (TPSA) is 95.2 Å². The van der Waals surface area contributed by atoms with Crippen LogP contribution in [0.15, 0.2) is 0 Å². The Kier molecular flexibility index (Phi) is 4.09. The van der Waals surface area contributed by atoms with Gasteiger partial charge in [-0.15, -0.1) is 0 Å². The van der Waals surface area contributed by atoms with E-state index in [0.717, 1.165) is 18.5 Å². The second-order valence-corrected chi connectivity index (χ2v) is 5.34. The molecule has 0 aromatic carbocycles. The quantitative estimate of drug-likeness (QED) is 0.718. The van der Waals surface area contributed by atoms with E-state index in [9.17, 15) is 4.79 Å². The van der Waals surface area contributed by atoms with E-state index in [1.165, 1.54) is 0 Å². The van der Waals surface area contributed by atoms with Gasteiger partial charge >= 0.3 is 0 Å². The highest BCUT2D eigenvalue weighted by molar-refractivity contribution is 5.98. The lowest BCUT2D eigenvalue weighted by Gasteiger charge is -2.25. The molecule has 6 heteroatoms. The Morgan fingerprint density at radius 1 is 1.58 bits per heavy atom. The summed E-state index contributed by atoms with van der Waals surface area (Å²) in [5.74, 6) is 0.281. The second-order valence-electron chi connectivity index (χ2n) is 5.34. The third kappa shape index (κ3) is 2.89. The number of aliphatic hydroxyl groups is 1. The summed E-state index contributed by atoms with van der Waals surface area (Å²) >= 11 is 0. The van der Waals surface area contributed by atoms with Crippen molar-refractivity contribution in [1.82, 2.24) is 15.1 Å². The number of nitrogens with zero attached hydrogens (tertiary/aromatic N) is 2. The van der Waals surface area contributed by atoms with Crippen LogP contribution in [0, 0.1) is 0 Å². The van der Waals surface area contributed by atoms with Gasteiger partial charge < -0.3 is 15.7 Å². The van der Waals surface area contributed by atoms with Crippen molar-refractivity contribution >= 4 is 11.6 Å². The molecule has 1 aliphatic rings. The van der Waals surface area contributed by atoms with Crippen molar-refractivity contribution in [3.8, 4) is 0 Å². The van der Waals surface area contributed by atoms with Crippen molar-refractivity contribution in [2.45, 2.75) is 45.1 Å². The zero-order chi connectivity index (χ0) is 14.0. The van der Waals surface area contributed by atoms with Crippen molar-refractivity contribution < 1.29 is 9.90 Å². The van der Waals surface area contributed by atoms with Gasteiger partial charge in [0.2, 0.25) is 0 Å². The first-order chi connectivity index (χ1) is 9.06. The molecule has 4 N–H and O–H groups in total. The zero-order valence-electron chi connectivity index (χ0n) is 11.5. The molecule has 1 aromatic heterocycles. The molecule has 106 valence electrons. The first-order valence-electron chi connectivity index (χ1n) is 6.81. The van der Waals surface area contributed by atoms with Crippen LogP contribution in [0.1, 0.15) is 55.2 Å². The van der Waals surface area contributed by atoms with Crippen LogP contribution in [0.25, 0.3) is 0 Å². The Morgan fingerprint density at radius 3 is 2.79 bits per heavy atom. The summed E-state index contributed by atoms with van der Waals surface area (Å²) in [5.41, 5.74) is 7.72. The summed E-state index contributed by atoms with van der Waals surface area (Å²) < 4.78 is 0. The van der Waals surface area contributed by atoms with E-state index in [2.05, 4.69) is 10.2 Å². The summed E-state index contributed by atoms with van der Waals surface area (Å²) in [4.78, 5) is 14.1. The number of rotatable bonds is 6. The molecule has 0 radical (unpaired) electrons. The molecule has 2 rings (SSSR count). The Morgan fingerprint density at radius 2 is 2.26 bits per heavy atom. The Labute approximate surface area is 113 Å². The van der Waals surface area contributed by atoms with Crippen LogP contribution >= 0.6 is 0 Å². The predicted molar refractivity (Wildman–Crippen MR) is 72.9 cm³/mol. The van der Waals surface area contributed by atoms with Gasteiger partial charge in [0.15, 0.2) is 5.69 Å². The van der Waals surface area contributed by atoms with Crippen molar-refractivity contribution in [1.29, 1.82) is 0 Å². The van der Waals surface area contributed by atoms with E-state index >= 15 is 0 Å². The molecule has 1 saturated carbocycles. The Bertz CT molecular complexity index is 451. The number of hydrogen-bond donors (Lipinski definition) is 3. The predicted octanol–water partition coefficient (Wildman–Crippen LogP) is 1.10. The maximum absolute atomic E-state index is 12.5. The van der Waals surface area contributed by atoms with E-state index in [4.69, 9.17) is 10.8 Å². The van der Waals surface area contributed by atoms with Crippen LogP contribution in [0.4, 0.5) is 5.69 Å². The number of nitrogens with two attached hydrogens (primary N) is 1. The molecule has 0 bridgehead atoms. The minimum absolute atomic E-state index is 0.0551. The van der Waals surface area contributed by atoms with Gasteiger partial charge in [-0.2, -0.15) is 5.10 Å². The van der Waals surface area contributed by atoms with E-state index < -0.39 is 0 Å². The smallest absolute Gasteiger partial charge is 0.276 e. The largest absolute Gasteiger partial charge is 0.396 e. The zero-order valence-corrected chi connectivity index (χ0v) is 11.5. The van der Waals surface area contributed by atoms with Crippen molar-refractivity contribution in [2.75, 3.05) is 18.9 Å². The summed E-state index contributed by atoms with van der Waals surface area (Å²) in [5, 5.41) is 15.9. The Balaban J connectivity index is 2.16. The fourth-order valence-electron chi connectivity index (χ4n) is 2.18. The molecule has 0 unspecified atom stereocenters. The van der Waals surface area contributed by atoms with E-state index in [1.807, 2.05) is 13.8 Å². The third-order valence-corrected chi connectivity index (χ3v) is 3.46. The number of H-pyrrole nitrogens is 1. The second kappa shape index (κ2) is 5.61. The van der Waals surface area contributed by atoms with Crippen molar-refractivity contribution in [3.05, 3.63) is 11.4 Å². The molecule has 0 spiro atoms. The minimum Gasteiger partial charge on any atom is -0.396 e. The van der Waals surface area contributed by atoms with E-state index in [1.54, 1.807) is 4.90 Å². The van der Waals surface area contributed by atoms with Gasteiger partial charge in [0, 0.05) is 25.1 Å².